The van der Waals surface area contributed by atoms with Crippen LogP contribution in [0.15, 0.2) is 24.4 Å². The van der Waals surface area contributed by atoms with Crippen LogP contribution in [0.2, 0.25) is 0 Å². The van der Waals surface area contributed by atoms with Gasteiger partial charge in [-0.1, -0.05) is 11.3 Å². The lowest BCUT2D eigenvalue weighted by molar-refractivity contribution is -0.146. The number of amidine groups is 1. The van der Waals surface area contributed by atoms with Crippen molar-refractivity contribution in [3.63, 3.8) is 0 Å². The number of aromatic nitrogens is 1. The quantitative estimate of drug-likeness (QED) is 0.338. The van der Waals surface area contributed by atoms with Crippen LogP contribution < -0.4 is 15.4 Å². The Labute approximate surface area is 164 Å². The third-order valence-corrected chi connectivity index (χ3v) is 5.48. The average molecular weight is 406 g/mol. The van der Waals surface area contributed by atoms with Crippen LogP contribution in [0.3, 0.4) is 0 Å². The third-order valence-electron chi connectivity index (χ3n) is 4.44. The molecule has 3 rings (SSSR count). The van der Waals surface area contributed by atoms with Crippen molar-refractivity contribution in [2.45, 2.75) is 12.8 Å². The fraction of sp³-hybridized carbons (Fsp3) is 0.333. The fourth-order valence-electron chi connectivity index (χ4n) is 2.88. The molecule has 1 aliphatic heterocycles. The van der Waals surface area contributed by atoms with Crippen LogP contribution in [0.4, 0.5) is 9.52 Å². The summed E-state index contributed by atoms with van der Waals surface area (Å²) in [4.78, 5) is 30.4. The number of halogens is 1. The molecule has 8 nitrogen and oxygen atoms in total. The summed E-state index contributed by atoms with van der Waals surface area (Å²) in [5.41, 5.74) is 5.51. The molecule has 0 amide bonds. The number of benzene rings is 1. The van der Waals surface area contributed by atoms with Crippen molar-refractivity contribution < 1.29 is 23.5 Å². The maximum Gasteiger partial charge on any atom is 0.355 e. The maximum absolute atomic E-state index is 14.0. The van der Waals surface area contributed by atoms with Crippen LogP contribution in [-0.2, 0) is 9.53 Å². The van der Waals surface area contributed by atoms with Crippen molar-refractivity contribution in [3.8, 4) is 5.75 Å². The molecular weight excluding hydrogens is 387 g/mol. The summed E-state index contributed by atoms with van der Waals surface area (Å²) in [6.07, 6.45) is 2.69. The van der Waals surface area contributed by atoms with Gasteiger partial charge in [0.1, 0.15) is 10.7 Å². The van der Waals surface area contributed by atoms with E-state index in [2.05, 4.69) is 4.98 Å². The van der Waals surface area contributed by atoms with E-state index in [9.17, 15) is 14.0 Å². The normalized spacial score (nSPS) is 14.6. The standard InChI is InChI=1S/C18H19FN4O4S/c1-26-16(24)10-4-6-23(7-5-10)18-22-9-14(28-18)17(25)27-13-3-2-11(15(20)21)8-12(13)19/h2-3,8-10H,4-7H2,1H3,(H3,20,21). The van der Waals surface area contributed by atoms with Crippen molar-refractivity contribution in [2.24, 2.45) is 11.7 Å². The number of hydrogen-bond donors (Lipinski definition) is 2. The lowest BCUT2D eigenvalue weighted by Gasteiger charge is -2.30. The zero-order valence-electron chi connectivity index (χ0n) is 15.1. The van der Waals surface area contributed by atoms with E-state index in [-0.39, 0.29) is 33.9 Å². The minimum absolute atomic E-state index is 0.119. The largest absolute Gasteiger partial charge is 0.469 e. The van der Waals surface area contributed by atoms with Crippen LogP contribution in [0.1, 0.15) is 28.1 Å². The number of rotatable bonds is 5. The molecule has 1 fully saturated rings. The monoisotopic (exact) mass is 406 g/mol. The molecule has 3 N–H and O–H groups in total. The number of ether oxygens (including phenoxy) is 2. The fourth-order valence-corrected chi connectivity index (χ4v) is 3.72. The molecule has 1 aliphatic rings. The van der Waals surface area contributed by atoms with Gasteiger partial charge in [-0.05, 0) is 31.0 Å². The summed E-state index contributed by atoms with van der Waals surface area (Å²) in [6.45, 7) is 1.26. The van der Waals surface area contributed by atoms with Crippen molar-refractivity contribution in [3.05, 3.63) is 40.7 Å². The van der Waals surface area contributed by atoms with Gasteiger partial charge in [-0.2, -0.15) is 0 Å². The van der Waals surface area contributed by atoms with E-state index >= 15 is 0 Å². The van der Waals surface area contributed by atoms with Gasteiger partial charge in [0.25, 0.3) is 0 Å². The van der Waals surface area contributed by atoms with Gasteiger partial charge >= 0.3 is 11.9 Å². The van der Waals surface area contributed by atoms with E-state index in [1.54, 1.807) is 0 Å². The Morgan fingerprint density at radius 1 is 1.36 bits per heavy atom. The third kappa shape index (κ3) is 4.28. The highest BCUT2D eigenvalue weighted by Crippen LogP contribution is 2.29. The summed E-state index contributed by atoms with van der Waals surface area (Å²) in [7, 11) is 1.38. The topological polar surface area (TPSA) is 119 Å². The van der Waals surface area contributed by atoms with E-state index in [0.29, 0.717) is 31.1 Å². The highest BCUT2D eigenvalue weighted by molar-refractivity contribution is 7.17. The lowest BCUT2D eigenvalue weighted by atomic mass is 9.97. The highest BCUT2D eigenvalue weighted by Gasteiger charge is 2.27. The zero-order valence-corrected chi connectivity index (χ0v) is 15.9. The van der Waals surface area contributed by atoms with Gasteiger partial charge in [-0.25, -0.2) is 14.2 Å². The van der Waals surface area contributed by atoms with Crippen LogP contribution in [-0.4, -0.2) is 43.0 Å². The molecule has 0 aliphatic carbocycles. The summed E-state index contributed by atoms with van der Waals surface area (Å²) >= 11 is 1.14. The Hall–Kier alpha value is -3.01. The first-order valence-electron chi connectivity index (χ1n) is 8.53. The Morgan fingerprint density at radius 2 is 2.07 bits per heavy atom. The average Bonchev–Trinajstić information content (AvgIpc) is 3.19. The molecule has 0 saturated carbocycles. The summed E-state index contributed by atoms with van der Waals surface area (Å²) in [6, 6.07) is 3.69. The molecule has 0 radical (unpaired) electrons. The van der Waals surface area contributed by atoms with Crippen molar-refractivity contribution in [2.75, 3.05) is 25.1 Å². The molecule has 2 heterocycles. The van der Waals surface area contributed by atoms with E-state index in [4.69, 9.17) is 20.6 Å². The zero-order chi connectivity index (χ0) is 20.3. The number of piperidine rings is 1. The predicted molar refractivity (Wildman–Crippen MR) is 101 cm³/mol. The van der Waals surface area contributed by atoms with Crippen LogP contribution in [0.25, 0.3) is 0 Å². The summed E-state index contributed by atoms with van der Waals surface area (Å²) in [5.74, 6) is -2.35. The molecule has 10 heteroatoms. The molecule has 2 aromatic rings. The van der Waals surface area contributed by atoms with E-state index < -0.39 is 11.8 Å². The van der Waals surface area contributed by atoms with Crippen molar-refractivity contribution in [1.29, 1.82) is 5.41 Å². The van der Waals surface area contributed by atoms with Gasteiger partial charge in [0.15, 0.2) is 16.7 Å². The number of nitrogen functional groups attached to an aromatic ring is 1. The van der Waals surface area contributed by atoms with Gasteiger partial charge in [-0.15, -0.1) is 0 Å². The molecule has 1 saturated heterocycles. The lowest BCUT2D eigenvalue weighted by Crippen LogP contribution is -2.36. The van der Waals surface area contributed by atoms with Crippen LogP contribution in [0, 0.1) is 17.1 Å². The SMILES string of the molecule is COC(=O)C1CCN(c2ncc(C(=O)Oc3ccc(C(=N)N)cc3F)s2)CC1. The predicted octanol–water partition coefficient (Wildman–Crippen LogP) is 2.17. The smallest absolute Gasteiger partial charge is 0.355 e. The second-order valence-corrected chi connectivity index (χ2v) is 7.25. The van der Waals surface area contributed by atoms with Crippen LogP contribution >= 0.6 is 11.3 Å². The molecule has 0 spiro atoms. The van der Waals surface area contributed by atoms with Gasteiger partial charge in [-0.3, -0.25) is 10.2 Å². The van der Waals surface area contributed by atoms with Crippen LogP contribution in [0.5, 0.6) is 5.75 Å². The molecule has 0 unspecified atom stereocenters. The number of anilines is 1. The summed E-state index contributed by atoms with van der Waals surface area (Å²) in [5, 5.41) is 7.93. The number of methoxy groups -OCH3 is 1. The van der Waals surface area contributed by atoms with E-state index in [1.807, 2.05) is 4.90 Å². The molecule has 28 heavy (non-hydrogen) atoms. The number of nitrogens with one attached hydrogen (secondary N) is 1. The first-order valence-corrected chi connectivity index (χ1v) is 9.35. The molecule has 148 valence electrons. The second-order valence-electron chi connectivity index (χ2n) is 6.24. The number of hydrogen-bond acceptors (Lipinski definition) is 8. The Bertz CT molecular complexity index is 909. The molecule has 1 aromatic carbocycles. The Balaban J connectivity index is 1.63. The van der Waals surface area contributed by atoms with E-state index in [1.165, 1.54) is 25.4 Å². The molecular formula is C18H19FN4O4S. The highest BCUT2D eigenvalue weighted by atomic mass is 32.1. The Kier molecular flexibility index (Phi) is 5.88. The van der Waals surface area contributed by atoms with Crippen molar-refractivity contribution >= 4 is 34.2 Å². The first-order chi connectivity index (χ1) is 13.4. The second kappa shape index (κ2) is 8.34. The van der Waals surface area contributed by atoms with Crippen molar-refractivity contribution in [1.82, 2.24) is 4.98 Å². The first kappa shape index (κ1) is 19.7. The molecule has 1 aromatic heterocycles. The number of nitrogens with zero attached hydrogens (tertiary/aromatic N) is 2. The molecule has 0 bridgehead atoms. The van der Waals surface area contributed by atoms with Gasteiger partial charge < -0.3 is 20.1 Å². The van der Waals surface area contributed by atoms with E-state index in [0.717, 1.165) is 17.4 Å². The van der Waals surface area contributed by atoms with Gasteiger partial charge in [0.2, 0.25) is 0 Å². The number of esters is 2. The number of carbonyl (C=O) groups excluding carboxylic acids is 2. The summed E-state index contributed by atoms with van der Waals surface area (Å²) < 4.78 is 23.9. The maximum atomic E-state index is 14.0. The van der Waals surface area contributed by atoms with Gasteiger partial charge in [0.05, 0.1) is 19.2 Å². The number of carbonyl (C=O) groups is 2. The Morgan fingerprint density at radius 3 is 2.68 bits per heavy atom. The number of thiazole rings is 1. The minimum Gasteiger partial charge on any atom is -0.469 e. The minimum atomic E-state index is -0.782. The molecule has 0 atom stereocenters. The van der Waals surface area contributed by atoms with Gasteiger partial charge in [0, 0.05) is 18.7 Å². The number of nitrogens with two attached hydrogens (primary N) is 1.